The van der Waals surface area contributed by atoms with E-state index in [-0.39, 0.29) is 4.90 Å². The monoisotopic (exact) mass is 412 g/mol. The topological polar surface area (TPSA) is 76.1 Å². The van der Waals surface area contributed by atoms with Gasteiger partial charge in [-0.25, -0.2) is 13.4 Å². The lowest BCUT2D eigenvalue weighted by molar-refractivity contribution is -0.113. The first-order chi connectivity index (χ1) is 13.5. The van der Waals surface area contributed by atoms with Gasteiger partial charge in [-0.1, -0.05) is 30.3 Å². The predicted molar refractivity (Wildman–Crippen MR) is 111 cm³/mol. The number of nitrogens with zero attached hydrogens (tertiary/aromatic N) is 1. The van der Waals surface area contributed by atoms with Gasteiger partial charge in [-0.2, -0.15) is 0 Å². The summed E-state index contributed by atoms with van der Waals surface area (Å²) in [5, 5.41) is 4.89. The summed E-state index contributed by atoms with van der Waals surface area (Å²) >= 11 is 1.29. The molecule has 1 N–H and O–H groups in total. The maximum Gasteiger partial charge on any atom is 0.241 e. The number of thiazole rings is 1. The van der Waals surface area contributed by atoms with Crippen LogP contribution in [0.4, 0.5) is 5.13 Å². The molecular formula is C21H20N2O3S2. The summed E-state index contributed by atoms with van der Waals surface area (Å²) in [5.74, 6) is -1.19. The lowest BCUT2D eigenvalue weighted by Crippen LogP contribution is -2.22. The van der Waals surface area contributed by atoms with Crippen LogP contribution in [0.15, 0.2) is 58.8 Å². The van der Waals surface area contributed by atoms with E-state index in [9.17, 15) is 13.2 Å². The molecule has 0 bridgehead atoms. The molecule has 0 radical (unpaired) electrons. The minimum absolute atomic E-state index is 0.138. The van der Waals surface area contributed by atoms with Crippen LogP contribution >= 0.6 is 11.3 Å². The number of sulfone groups is 1. The maximum absolute atomic E-state index is 12.3. The molecule has 1 heterocycles. The Morgan fingerprint density at radius 3 is 2.57 bits per heavy atom. The van der Waals surface area contributed by atoms with Crippen LogP contribution in [0.2, 0.25) is 0 Å². The standard InChI is InChI=1S/C21H20N2O3S2/c24-20(14-28(25,26)18-8-2-1-3-9-18)23-21-22-19(13-27-21)17-11-10-15-6-4-5-7-16(15)12-17/h1-3,8-13H,4-7,14H2,(H,22,23,24). The van der Waals surface area contributed by atoms with Crippen LogP contribution in [0.1, 0.15) is 24.0 Å². The molecule has 7 heteroatoms. The van der Waals surface area contributed by atoms with Crippen molar-refractivity contribution in [2.24, 2.45) is 0 Å². The van der Waals surface area contributed by atoms with Gasteiger partial charge in [0.25, 0.3) is 0 Å². The fourth-order valence-electron chi connectivity index (χ4n) is 3.40. The van der Waals surface area contributed by atoms with E-state index in [1.807, 2.05) is 5.38 Å². The molecule has 1 aromatic heterocycles. The summed E-state index contributed by atoms with van der Waals surface area (Å²) in [6, 6.07) is 14.4. The van der Waals surface area contributed by atoms with E-state index in [4.69, 9.17) is 0 Å². The molecule has 4 rings (SSSR count). The van der Waals surface area contributed by atoms with Gasteiger partial charge in [0.2, 0.25) is 5.91 Å². The molecule has 5 nitrogen and oxygen atoms in total. The van der Waals surface area contributed by atoms with Crippen LogP contribution in [-0.2, 0) is 27.5 Å². The average molecular weight is 413 g/mol. The molecular weight excluding hydrogens is 392 g/mol. The Bertz CT molecular complexity index is 1110. The number of aromatic nitrogens is 1. The zero-order valence-corrected chi connectivity index (χ0v) is 16.9. The van der Waals surface area contributed by atoms with Crippen LogP contribution < -0.4 is 5.32 Å². The van der Waals surface area contributed by atoms with Crippen LogP contribution in [0.3, 0.4) is 0 Å². The van der Waals surface area contributed by atoms with Crippen molar-refractivity contribution in [1.82, 2.24) is 4.98 Å². The van der Waals surface area contributed by atoms with Crippen LogP contribution in [0.5, 0.6) is 0 Å². The van der Waals surface area contributed by atoms with Crippen LogP contribution in [0.25, 0.3) is 11.3 Å². The highest BCUT2D eigenvalue weighted by molar-refractivity contribution is 7.92. The van der Waals surface area contributed by atoms with Gasteiger partial charge >= 0.3 is 0 Å². The number of hydrogen-bond donors (Lipinski definition) is 1. The van der Waals surface area contributed by atoms with E-state index in [0.717, 1.165) is 24.1 Å². The SMILES string of the molecule is O=C(CS(=O)(=O)c1ccccc1)Nc1nc(-c2ccc3c(c2)CCCC3)cs1. The lowest BCUT2D eigenvalue weighted by Gasteiger charge is -2.16. The van der Waals surface area contributed by atoms with Crippen molar-refractivity contribution in [1.29, 1.82) is 0 Å². The molecule has 3 aromatic rings. The molecule has 0 aliphatic heterocycles. The Labute approximate surface area is 168 Å². The highest BCUT2D eigenvalue weighted by Gasteiger charge is 2.20. The van der Waals surface area contributed by atoms with Gasteiger partial charge in [0.05, 0.1) is 10.6 Å². The normalized spacial score (nSPS) is 13.7. The molecule has 0 fully saturated rings. The lowest BCUT2D eigenvalue weighted by atomic mass is 9.90. The molecule has 1 aliphatic rings. The van der Waals surface area contributed by atoms with Crippen molar-refractivity contribution in [2.75, 3.05) is 11.1 Å². The summed E-state index contributed by atoms with van der Waals surface area (Å²) < 4.78 is 24.6. The van der Waals surface area contributed by atoms with Gasteiger partial charge in [0.1, 0.15) is 5.75 Å². The Hall–Kier alpha value is -2.51. The number of anilines is 1. The second kappa shape index (κ2) is 7.85. The minimum Gasteiger partial charge on any atom is -0.301 e. The van der Waals surface area contributed by atoms with Crippen molar-refractivity contribution in [3.8, 4) is 11.3 Å². The molecule has 144 valence electrons. The summed E-state index contributed by atoms with van der Waals surface area (Å²) in [6.07, 6.45) is 4.67. The maximum atomic E-state index is 12.3. The fourth-order valence-corrected chi connectivity index (χ4v) is 5.29. The number of benzene rings is 2. The van der Waals surface area contributed by atoms with Crippen molar-refractivity contribution in [3.05, 3.63) is 65.0 Å². The van der Waals surface area contributed by atoms with Crippen molar-refractivity contribution in [2.45, 2.75) is 30.6 Å². The number of hydrogen-bond acceptors (Lipinski definition) is 5. The van der Waals surface area contributed by atoms with Gasteiger partial charge in [0.15, 0.2) is 15.0 Å². The van der Waals surface area contributed by atoms with Gasteiger partial charge in [-0.15, -0.1) is 11.3 Å². The minimum atomic E-state index is -3.67. The summed E-state index contributed by atoms with van der Waals surface area (Å²) in [7, 11) is -3.67. The number of nitrogens with one attached hydrogen (secondary N) is 1. The van der Waals surface area contributed by atoms with E-state index >= 15 is 0 Å². The zero-order chi connectivity index (χ0) is 19.6. The smallest absolute Gasteiger partial charge is 0.241 e. The van der Waals surface area contributed by atoms with Gasteiger partial charge in [-0.3, -0.25) is 4.79 Å². The number of carbonyl (C=O) groups excluding carboxylic acids is 1. The Morgan fingerprint density at radius 1 is 1.04 bits per heavy atom. The van der Waals surface area contributed by atoms with Gasteiger partial charge < -0.3 is 5.32 Å². The highest BCUT2D eigenvalue weighted by Crippen LogP contribution is 2.29. The second-order valence-corrected chi connectivity index (χ2v) is 9.70. The Balaban J connectivity index is 1.46. The Morgan fingerprint density at radius 2 is 1.79 bits per heavy atom. The molecule has 1 aliphatic carbocycles. The largest absolute Gasteiger partial charge is 0.301 e. The van der Waals surface area contributed by atoms with E-state index in [1.165, 1.54) is 47.4 Å². The molecule has 0 saturated heterocycles. The molecule has 2 aromatic carbocycles. The molecule has 1 amide bonds. The highest BCUT2D eigenvalue weighted by atomic mass is 32.2. The first-order valence-corrected chi connectivity index (χ1v) is 11.7. The number of amides is 1. The summed E-state index contributed by atoms with van der Waals surface area (Å²) in [5.41, 5.74) is 4.59. The van der Waals surface area contributed by atoms with Crippen molar-refractivity contribution in [3.63, 3.8) is 0 Å². The predicted octanol–water partition coefficient (Wildman–Crippen LogP) is 4.10. The summed E-state index contributed by atoms with van der Waals surface area (Å²) in [4.78, 5) is 16.8. The second-order valence-electron chi connectivity index (χ2n) is 6.85. The van der Waals surface area contributed by atoms with Crippen molar-refractivity contribution >= 4 is 32.2 Å². The number of fused-ring (bicyclic) bond motifs is 1. The van der Waals surface area contributed by atoms with Gasteiger partial charge in [0, 0.05) is 10.9 Å². The van der Waals surface area contributed by atoms with Crippen LogP contribution in [0, 0.1) is 0 Å². The van der Waals surface area contributed by atoms with E-state index in [1.54, 1.807) is 18.2 Å². The van der Waals surface area contributed by atoms with E-state index < -0.39 is 21.5 Å². The van der Waals surface area contributed by atoms with Gasteiger partial charge in [-0.05, 0) is 55.0 Å². The summed E-state index contributed by atoms with van der Waals surface area (Å²) in [6.45, 7) is 0. The fraction of sp³-hybridized carbons (Fsp3) is 0.238. The molecule has 0 atom stereocenters. The quantitative estimate of drug-likeness (QED) is 0.684. The number of carbonyl (C=O) groups is 1. The first kappa shape index (κ1) is 18.8. The number of rotatable bonds is 5. The zero-order valence-electron chi connectivity index (χ0n) is 15.2. The average Bonchev–Trinajstić information content (AvgIpc) is 3.16. The Kier molecular flexibility index (Phi) is 5.28. The number of aryl methyl sites for hydroxylation is 2. The third-order valence-electron chi connectivity index (χ3n) is 4.82. The molecule has 0 saturated carbocycles. The van der Waals surface area contributed by atoms with Crippen LogP contribution in [-0.4, -0.2) is 25.1 Å². The molecule has 28 heavy (non-hydrogen) atoms. The third kappa shape index (κ3) is 4.15. The first-order valence-electron chi connectivity index (χ1n) is 9.17. The van der Waals surface area contributed by atoms with Crippen molar-refractivity contribution < 1.29 is 13.2 Å². The van der Waals surface area contributed by atoms with E-state index in [2.05, 4.69) is 28.5 Å². The molecule has 0 spiro atoms. The molecule has 0 unspecified atom stereocenters. The van der Waals surface area contributed by atoms with E-state index in [0.29, 0.717) is 5.13 Å². The third-order valence-corrected chi connectivity index (χ3v) is 7.21.